The zero-order valence-corrected chi connectivity index (χ0v) is 17.0. The summed E-state index contributed by atoms with van der Waals surface area (Å²) in [7, 11) is 1.71. The van der Waals surface area contributed by atoms with Crippen LogP contribution in [-0.4, -0.2) is 22.0 Å². The second-order valence-corrected chi connectivity index (χ2v) is 7.12. The van der Waals surface area contributed by atoms with Gasteiger partial charge in [-0.2, -0.15) is 18.4 Å². The lowest BCUT2D eigenvalue weighted by atomic mass is 9.95. The maximum Gasteiger partial charge on any atom is 0.417 e. The molecule has 2 N–H and O–H groups in total. The van der Waals surface area contributed by atoms with Gasteiger partial charge in [0.15, 0.2) is 5.43 Å². The predicted molar refractivity (Wildman–Crippen MR) is 115 cm³/mol. The molecule has 0 bridgehead atoms. The summed E-state index contributed by atoms with van der Waals surface area (Å²) in [6, 6.07) is 11.5. The Labute approximate surface area is 180 Å². The first kappa shape index (κ1) is 21.1. The van der Waals surface area contributed by atoms with Crippen LogP contribution in [0.2, 0.25) is 0 Å². The van der Waals surface area contributed by atoms with E-state index in [4.69, 9.17) is 0 Å². The van der Waals surface area contributed by atoms with Gasteiger partial charge in [-0.15, -0.1) is 0 Å². The van der Waals surface area contributed by atoms with E-state index in [1.807, 2.05) is 0 Å². The highest BCUT2D eigenvalue weighted by molar-refractivity contribution is 5.90. The van der Waals surface area contributed by atoms with E-state index in [-0.39, 0.29) is 11.1 Å². The van der Waals surface area contributed by atoms with Gasteiger partial charge in [0.25, 0.3) is 0 Å². The van der Waals surface area contributed by atoms with Crippen molar-refractivity contribution >= 4 is 16.9 Å². The van der Waals surface area contributed by atoms with Gasteiger partial charge in [0, 0.05) is 36.1 Å². The Kier molecular flexibility index (Phi) is 5.14. The molecule has 0 aliphatic carbocycles. The minimum atomic E-state index is -4.65. The highest BCUT2D eigenvalue weighted by Crippen LogP contribution is 2.37. The molecule has 6 nitrogen and oxygen atoms in total. The number of hydrogen-bond acceptors (Lipinski definition) is 5. The zero-order chi connectivity index (χ0) is 23.0. The van der Waals surface area contributed by atoms with Gasteiger partial charge in [-0.25, -0.2) is 9.97 Å². The van der Waals surface area contributed by atoms with Gasteiger partial charge in [0.1, 0.15) is 11.5 Å². The van der Waals surface area contributed by atoms with Crippen molar-refractivity contribution in [2.24, 2.45) is 0 Å². The molecule has 0 fully saturated rings. The number of hydrogen-bond donors (Lipinski definition) is 2. The summed E-state index contributed by atoms with van der Waals surface area (Å²) in [6.45, 7) is 1.80. The van der Waals surface area contributed by atoms with Crippen LogP contribution in [0.4, 0.5) is 19.0 Å². The Morgan fingerprint density at radius 1 is 1.06 bits per heavy atom. The number of alkyl halides is 3. The van der Waals surface area contributed by atoms with Gasteiger partial charge >= 0.3 is 6.18 Å². The van der Waals surface area contributed by atoms with Crippen LogP contribution in [0, 0.1) is 18.3 Å². The summed E-state index contributed by atoms with van der Waals surface area (Å²) in [4.78, 5) is 24.2. The Morgan fingerprint density at radius 3 is 2.53 bits per heavy atom. The fourth-order valence-corrected chi connectivity index (χ4v) is 3.52. The van der Waals surface area contributed by atoms with E-state index in [1.165, 1.54) is 18.3 Å². The molecule has 160 valence electrons. The number of nitrogens with zero attached hydrogens (tertiary/aromatic N) is 3. The molecule has 0 aliphatic heterocycles. The highest BCUT2D eigenvalue weighted by Gasteiger charge is 2.33. The van der Waals surface area contributed by atoms with Gasteiger partial charge in [-0.3, -0.25) is 4.79 Å². The number of pyridine rings is 3. The highest BCUT2D eigenvalue weighted by atomic mass is 19.4. The summed E-state index contributed by atoms with van der Waals surface area (Å²) >= 11 is 0. The van der Waals surface area contributed by atoms with E-state index >= 15 is 0 Å². The van der Waals surface area contributed by atoms with Crippen molar-refractivity contribution in [2.75, 3.05) is 12.4 Å². The monoisotopic (exact) mass is 435 g/mol. The molecule has 9 heteroatoms. The maximum absolute atomic E-state index is 13.3. The van der Waals surface area contributed by atoms with E-state index < -0.39 is 17.3 Å². The minimum Gasteiger partial charge on any atom is -0.373 e. The van der Waals surface area contributed by atoms with E-state index in [0.29, 0.717) is 39.3 Å². The number of aromatic amines is 1. The van der Waals surface area contributed by atoms with Crippen LogP contribution in [-0.2, 0) is 6.18 Å². The number of nitrogens with one attached hydrogen (secondary N) is 2. The summed E-state index contributed by atoms with van der Waals surface area (Å²) in [5.74, 6) is 0.582. The van der Waals surface area contributed by atoms with Gasteiger partial charge in [0.05, 0.1) is 28.3 Å². The molecular formula is C23H16F3N5O. The number of aromatic nitrogens is 3. The number of aryl methyl sites for hydroxylation is 1. The second kappa shape index (κ2) is 7.81. The lowest BCUT2D eigenvalue weighted by Crippen LogP contribution is -2.08. The molecule has 0 aliphatic rings. The number of benzene rings is 1. The zero-order valence-electron chi connectivity index (χ0n) is 17.0. The molecule has 0 radical (unpaired) electrons. The van der Waals surface area contributed by atoms with Crippen LogP contribution in [0.15, 0.2) is 53.5 Å². The molecule has 0 atom stereocenters. The Balaban J connectivity index is 2.05. The molecule has 0 amide bonds. The smallest absolute Gasteiger partial charge is 0.373 e. The van der Waals surface area contributed by atoms with Crippen molar-refractivity contribution in [3.05, 3.63) is 75.7 Å². The first-order valence-corrected chi connectivity index (χ1v) is 9.52. The quantitative estimate of drug-likeness (QED) is 0.478. The first-order chi connectivity index (χ1) is 15.2. The number of halogens is 3. The molecule has 1 aromatic carbocycles. The average molecular weight is 435 g/mol. The van der Waals surface area contributed by atoms with E-state index in [9.17, 15) is 23.2 Å². The minimum absolute atomic E-state index is 0.246. The van der Waals surface area contributed by atoms with Crippen LogP contribution >= 0.6 is 0 Å². The normalized spacial score (nSPS) is 11.4. The Bertz CT molecular complexity index is 1450. The third-order valence-electron chi connectivity index (χ3n) is 4.98. The second-order valence-electron chi connectivity index (χ2n) is 7.12. The molecule has 3 aromatic heterocycles. The number of rotatable bonds is 3. The molecule has 4 rings (SSSR count). The SMILES string of the molecule is CNc1cc(-c2cc3c(=O)cc[nH]c3nc2-c2ccc(C(F)(F)F)c(C#N)c2)cc(C)n1. The summed E-state index contributed by atoms with van der Waals surface area (Å²) in [6.07, 6.45) is -3.21. The number of anilines is 1. The molecule has 4 aromatic rings. The summed E-state index contributed by atoms with van der Waals surface area (Å²) < 4.78 is 39.8. The molecule has 3 heterocycles. The van der Waals surface area contributed by atoms with Crippen molar-refractivity contribution in [2.45, 2.75) is 13.1 Å². The first-order valence-electron chi connectivity index (χ1n) is 9.52. The lowest BCUT2D eigenvalue weighted by Gasteiger charge is -2.14. The number of H-pyrrole nitrogens is 1. The molecule has 0 spiro atoms. The summed E-state index contributed by atoms with van der Waals surface area (Å²) in [5.41, 5.74) is 1.06. The van der Waals surface area contributed by atoms with Crippen molar-refractivity contribution < 1.29 is 13.2 Å². The van der Waals surface area contributed by atoms with E-state index in [1.54, 1.807) is 38.2 Å². The molecule has 0 saturated heterocycles. The van der Waals surface area contributed by atoms with Crippen LogP contribution in [0.1, 0.15) is 16.8 Å². The van der Waals surface area contributed by atoms with Crippen molar-refractivity contribution in [3.63, 3.8) is 0 Å². The largest absolute Gasteiger partial charge is 0.417 e. The van der Waals surface area contributed by atoms with Crippen molar-refractivity contribution in [1.82, 2.24) is 15.0 Å². The fraction of sp³-hybridized carbons (Fsp3) is 0.130. The Morgan fingerprint density at radius 2 is 1.84 bits per heavy atom. The van der Waals surface area contributed by atoms with Crippen LogP contribution < -0.4 is 10.7 Å². The van der Waals surface area contributed by atoms with Gasteiger partial charge in [0.2, 0.25) is 0 Å². The fourth-order valence-electron chi connectivity index (χ4n) is 3.52. The number of fused-ring (bicyclic) bond motifs is 1. The third-order valence-corrected chi connectivity index (χ3v) is 4.98. The Hall–Kier alpha value is -4.19. The van der Waals surface area contributed by atoms with Gasteiger partial charge in [-0.1, -0.05) is 6.07 Å². The predicted octanol–water partition coefficient (Wildman–Crippen LogP) is 4.89. The lowest BCUT2D eigenvalue weighted by molar-refractivity contribution is -0.137. The van der Waals surface area contributed by atoms with E-state index in [0.717, 1.165) is 12.1 Å². The maximum atomic E-state index is 13.3. The number of nitriles is 1. The van der Waals surface area contributed by atoms with Crippen LogP contribution in [0.5, 0.6) is 0 Å². The molecule has 0 unspecified atom stereocenters. The average Bonchev–Trinajstić information content (AvgIpc) is 2.77. The van der Waals surface area contributed by atoms with Crippen molar-refractivity contribution in [3.8, 4) is 28.5 Å². The van der Waals surface area contributed by atoms with Gasteiger partial charge in [-0.05, 0) is 42.8 Å². The topological polar surface area (TPSA) is 94.5 Å². The van der Waals surface area contributed by atoms with E-state index in [2.05, 4.69) is 20.3 Å². The molecular weight excluding hydrogens is 419 g/mol. The standard InChI is InChI=1S/C23H16F3N5O/c1-12-7-14(9-20(28-2)30-12)16-10-17-19(32)5-6-29-22(17)31-21(16)13-3-4-18(23(24,25)26)15(8-13)11-27/h3-10H,1-2H3,(H,28,30)(H,29,31,32). The third kappa shape index (κ3) is 3.78. The van der Waals surface area contributed by atoms with Gasteiger partial charge < -0.3 is 10.3 Å². The molecule has 32 heavy (non-hydrogen) atoms. The van der Waals surface area contributed by atoms with Crippen LogP contribution in [0.3, 0.4) is 0 Å². The van der Waals surface area contributed by atoms with Crippen LogP contribution in [0.25, 0.3) is 33.4 Å². The molecule has 0 saturated carbocycles. The van der Waals surface area contributed by atoms with Crippen molar-refractivity contribution in [1.29, 1.82) is 5.26 Å². The summed E-state index contributed by atoms with van der Waals surface area (Å²) in [5, 5.41) is 12.6.